The summed E-state index contributed by atoms with van der Waals surface area (Å²) in [6, 6.07) is 0.455. The maximum atomic E-state index is 12.4. The van der Waals surface area contributed by atoms with Crippen molar-refractivity contribution in [1.82, 2.24) is 15.1 Å². The number of piperidine rings is 1. The van der Waals surface area contributed by atoms with Crippen LogP contribution in [0.25, 0.3) is 0 Å². The van der Waals surface area contributed by atoms with Gasteiger partial charge in [-0.15, -0.1) is 0 Å². The summed E-state index contributed by atoms with van der Waals surface area (Å²) >= 11 is 0. The summed E-state index contributed by atoms with van der Waals surface area (Å²) in [6.07, 6.45) is 2.12. The normalized spacial score (nSPS) is 30.8. The van der Waals surface area contributed by atoms with Gasteiger partial charge in [0.25, 0.3) is 0 Å². The third-order valence-corrected chi connectivity index (χ3v) is 4.09. The van der Waals surface area contributed by atoms with Gasteiger partial charge in [0.15, 0.2) is 0 Å². The van der Waals surface area contributed by atoms with E-state index in [4.69, 9.17) is 4.74 Å². The van der Waals surface area contributed by atoms with Crippen LogP contribution in [0.1, 0.15) is 19.8 Å². The van der Waals surface area contributed by atoms with Crippen LogP contribution in [0.4, 0.5) is 0 Å². The minimum Gasteiger partial charge on any atom is -0.375 e. The van der Waals surface area contributed by atoms with Crippen LogP contribution in [-0.2, 0) is 9.53 Å². The topological polar surface area (TPSA) is 44.8 Å². The maximum Gasteiger partial charge on any atom is 0.242 e. The summed E-state index contributed by atoms with van der Waals surface area (Å²) in [5.74, 6) is 0.208. The van der Waals surface area contributed by atoms with Crippen molar-refractivity contribution >= 4 is 5.91 Å². The van der Waals surface area contributed by atoms with Crippen molar-refractivity contribution in [2.24, 2.45) is 0 Å². The van der Waals surface area contributed by atoms with Crippen LogP contribution < -0.4 is 5.32 Å². The van der Waals surface area contributed by atoms with E-state index in [1.807, 2.05) is 11.8 Å². The van der Waals surface area contributed by atoms with E-state index in [-0.39, 0.29) is 18.1 Å². The fourth-order valence-corrected chi connectivity index (χ4v) is 2.81. The SMILES string of the molecule is C[C@H]1OCCN[C@@H]1C(=O)N1CCC(N(C)C)CC1. The lowest BCUT2D eigenvalue weighted by molar-refractivity contribution is -0.140. The molecule has 0 bridgehead atoms. The molecular weight excluding hydrogens is 230 g/mol. The molecule has 2 saturated heterocycles. The molecule has 2 fully saturated rings. The van der Waals surface area contributed by atoms with Gasteiger partial charge in [-0.05, 0) is 33.9 Å². The Kier molecular flexibility index (Phi) is 4.59. The van der Waals surface area contributed by atoms with Crippen LogP contribution in [0.3, 0.4) is 0 Å². The van der Waals surface area contributed by atoms with Crippen molar-refractivity contribution in [3.05, 3.63) is 0 Å². The van der Waals surface area contributed by atoms with Crippen molar-refractivity contribution < 1.29 is 9.53 Å². The molecular formula is C13H25N3O2. The van der Waals surface area contributed by atoms with Gasteiger partial charge in [0.1, 0.15) is 6.04 Å². The minimum absolute atomic E-state index is 0.0159. The zero-order chi connectivity index (χ0) is 13.1. The Balaban J connectivity index is 1.87. The van der Waals surface area contributed by atoms with Gasteiger partial charge in [-0.2, -0.15) is 0 Å². The Bertz CT molecular complexity index is 288. The Morgan fingerprint density at radius 3 is 2.56 bits per heavy atom. The molecule has 1 amide bonds. The number of hydrogen-bond donors (Lipinski definition) is 1. The lowest BCUT2D eigenvalue weighted by Gasteiger charge is -2.39. The summed E-state index contributed by atoms with van der Waals surface area (Å²) in [6.45, 7) is 5.18. The molecule has 2 aliphatic heterocycles. The summed E-state index contributed by atoms with van der Waals surface area (Å²) in [7, 11) is 4.22. The smallest absolute Gasteiger partial charge is 0.242 e. The molecule has 104 valence electrons. The molecule has 0 aromatic carbocycles. The molecule has 1 N–H and O–H groups in total. The number of nitrogens with zero attached hydrogens (tertiary/aromatic N) is 2. The second-order valence-electron chi connectivity index (χ2n) is 5.53. The second kappa shape index (κ2) is 5.99. The van der Waals surface area contributed by atoms with Gasteiger partial charge < -0.3 is 19.9 Å². The van der Waals surface area contributed by atoms with Crippen molar-refractivity contribution in [2.45, 2.75) is 38.0 Å². The molecule has 0 aliphatic carbocycles. The number of ether oxygens (including phenoxy) is 1. The predicted octanol–water partition coefficient (Wildman–Crippen LogP) is -0.0841. The van der Waals surface area contributed by atoms with Crippen LogP contribution in [-0.4, -0.2) is 74.2 Å². The third-order valence-electron chi connectivity index (χ3n) is 4.09. The van der Waals surface area contributed by atoms with Crippen LogP contribution >= 0.6 is 0 Å². The van der Waals surface area contributed by atoms with Crippen molar-refractivity contribution in [3.63, 3.8) is 0 Å². The number of amides is 1. The van der Waals surface area contributed by atoms with Gasteiger partial charge in [-0.1, -0.05) is 0 Å². The van der Waals surface area contributed by atoms with Gasteiger partial charge in [-0.3, -0.25) is 4.79 Å². The molecule has 0 aromatic rings. The van der Waals surface area contributed by atoms with E-state index in [0.717, 1.165) is 32.5 Å². The molecule has 2 heterocycles. The first-order valence-electron chi connectivity index (χ1n) is 6.90. The Morgan fingerprint density at radius 2 is 2.00 bits per heavy atom. The summed E-state index contributed by atoms with van der Waals surface area (Å²) in [5.41, 5.74) is 0. The monoisotopic (exact) mass is 255 g/mol. The van der Waals surface area contributed by atoms with Crippen LogP contribution in [0, 0.1) is 0 Å². The summed E-state index contributed by atoms with van der Waals surface area (Å²) < 4.78 is 5.54. The summed E-state index contributed by atoms with van der Waals surface area (Å²) in [5, 5.41) is 3.27. The van der Waals surface area contributed by atoms with E-state index < -0.39 is 0 Å². The number of hydrogen-bond acceptors (Lipinski definition) is 4. The first-order chi connectivity index (χ1) is 8.59. The Hall–Kier alpha value is -0.650. The van der Waals surface area contributed by atoms with Gasteiger partial charge >= 0.3 is 0 Å². The fourth-order valence-electron chi connectivity index (χ4n) is 2.81. The lowest BCUT2D eigenvalue weighted by atomic mass is 10.0. The zero-order valence-electron chi connectivity index (χ0n) is 11.7. The molecule has 18 heavy (non-hydrogen) atoms. The highest BCUT2D eigenvalue weighted by Crippen LogP contribution is 2.16. The molecule has 0 saturated carbocycles. The van der Waals surface area contributed by atoms with Crippen molar-refractivity contribution in [3.8, 4) is 0 Å². The van der Waals surface area contributed by atoms with Crippen LogP contribution in [0.5, 0.6) is 0 Å². The first-order valence-corrected chi connectivity index (χ1v) is 6.90. The average Bonchev–Trinajstić information content (AvgIpc) is 2.38. The largest absolute Gasteiger partial charge is 0.375 e. The minimum atomic E-state index is -0.158. The molecule has 5 nitrogen and oxygen atoms in total. The van der Waals surface area contributed by atoms with Gasteiger partial charge in [0, 0.05) is 25.7 Å². The highest BCUT2D eigenvalue weighted by atomic mass is 16.5. The van der Waals surface area contributed by atoms with E-state index in [9.17, 15) is 4.79 Å². The Labute approximate surface area is 109 Å². The average molecular weight is 255 g/mol. The molecule has 2 rings (SSSR count). The standard InChI is InChI=1S/C13H25N3O2/c1-10-12(14-6-9-18-10)13(17)16-7-4-11(5-8-16)15(2)3/h10-12,14H,4-9H2,1-3H3/t10-,12+/m1/s1. The van der Waals surface area contributed by atoms with Gasteiger partial charge in [0.05, 0.1) is 12.7 Å². The Morgan fingerprint density at radius 1 is 1.33 bits per heavy atom. The molecule has 0 radical (unpaired) electrons. The van der Waals surface area contributed by atoms with Gasteiger partial charge in [0.2, 0.25) is 5.91 Å². The molecule has 0 unspecified atom stereocenters. The number of nitrogens with one attached hydrogen (secondary N) is 1. The van der Waals surface area contributed by atoms with E-state index >= 15 is 0 Å². The second-order valence-corrected chi connectivity index (χ2v) is 5.53. The van der Waals surface area contributed by atoms with Gasteiger partial charge in [-0.25, -0.2) is 0 Å². The first kappa shape index (κ1) is 13.8. The molecule has 5 heteroatoms. The molecule has 2 aliphatic rings. The summed E-state index contributed by atoms with van der Waals surface area (Å²) in [4.78, 5) is 16.7. The highest BCUT2D eigenvalue weighted by molar-refractivity contribution is 5.82. The van der Waals surface area contributed by atoms with Crippen LogP contribution in [0.2, 0.25) is 0 Å². The van der Waals surface area contributed by atoms with E-state index in [0.29, 0.717) is 12.6 Å². The predicted molar refractivity (Wildman–Crippen MR) is 70.5 cm³/mol. The van der Waals surface area contributed by atoms with Crippen molar-refractivity contribution in [1.29, 1.82) is 0 Å². The number of likely N-dealkylation sites (tertiary alicyclic amines) is 1. The quantitative estimate of drug-likeness (QED) is 0.749. The molecule has 0 aromatic heterocycles. The highest BCUT2D eigenvalue weighted by Gasteiger charge is 2.33. The molecule has 2 atom stereocenters. The number of carbonyl (C=O) groups is 1. The van der Waals surface area contributed by atoms with Crippen LogP contribution in [0.15, 0.2) is 0 Å². The number of morpholine rings is 1. The molecule has 0 spiro atoms. The maximum absolute atomic E-state index is 12.4. The van der Waals surface area contributed by atoms with Crippen molar-refractivity contribution in [2.75, 3.05) is 40.3 Å². The number of rotatable bonds is 2. The number of carbonyl (C=O) groups excluding carboxylic acids is 1. The zero-order valence-corrected chi connectivity index (χ0v) is 11.7. The van der Waals surface area contributed by atoms with E-state index in [2.05, 4.69) is 24.3 Å². The third kappa shape index (κ3) is 3.02. The van der Waals surface area contributed by atoms with E-state index in [1.165, 1.54) is 0 Å². The fraction of sp³-hybridized carbons (Fsp3) is 0.923. The van der Waals surface area contributed by atoms with E-state index in [1.54, 1.807) is 0 Å². The lowest BCUT2D eigenvalue weighted by Crippen LogP contribution is -2.58.